The third-order valence-corrected chi connectivity index (χ3v) is 4.58. The Kier molecular flexibility index (Phi) is 3.69. The van der Waals surface area contributed by atoms with Crippen LogP contribution < -0.4 is 0 Å². The maximum absolute atomic E-state index is 12.8. The highest BCUT2D eigenvalue weighted by molar-refractivity contribution is 5.95. The molecule has 2 heterocycles. The molecule has 1 saturated heterocycles. The SMILES string of the molecule is Cc1ncncc1C(=O)N1CC(c2ccccc2)C(C)(C)C1. The van der Waals surface area contributed by atoms with Crippen molar-refractivity contribution in [2.24, 2.45) is 5.41 Å². The molecular formula is C18H21N3O. The summed E-state index contributed by atoms with van der Waals surface area (Å²) in [5.41, 5.74) is 2.69. The van der Waals surface area contributed by atoms with E-state index in [1.54, 1.807) is 6.20 Å². The normalized spacial score (nSPS) is 20.1. The van der Waals surface area contributed by atoms with E-state index in [1.165, 1.54) is 11.9 Å². The number of aromatic nitrogens is 2. The number of carbonyl (C=O) groups is 1. The lowest BCUT2D eigenvalue weighted by Gasteiger charge is -2.25. The molecule has 1 amide bonds. The van der Waals surface area contributed by atoms with Gasteiger partial charge in [-0.15, -0.1) is 0 Å². The molecule has 1 atom stereocenters. The van der Waals surface area contributed by atoms with E-state index in [9.17, 15) is 4.79 Å². The predicted molar refractivity (Wildman–Crippen MR) is 85.6 cm³/mol. The molecule has 22 heavy (non-hydrogen) atoms. The number of hydrogen-bond acceptors (Lipinski definition) is 3. The predicted octanol–water partition coefficient (Wildman–Crippen LogP) is 3.05. The van der Waals surface area contributed by atoms with Crippen LogP contribution in [0.3, 0.4) is 0 Å². The number of benzene rings is 1. The fourth-order valence-corrected chi connectivity index (χ4v) is 3.30. The molecule has 2 aromatic rings. The maximum Gasteiger partial charge on any atom is 0.257 e. The zero-order chi connectivity index (χ0) is 15.7. The van der Waals surface area contributed by atoms with Crippen LogP contribution in [0.4, 0.5) is 0 Å². The Bertz CT molecular complexity index is 682. The summed E-state index contributed by atoms with van der Waals surface area (Å²) in [6.45, 7) is 7.80. The molecule has 1 unspecified atom stereocenters. The fraction of sp³-hybridized carbons (Fsp3) is 0.389. The number of carbonyl (C=O) groups excluding carboxylic acids is 1. The Hall–Kier alpha value is -2.23. The smallest absolute Gasteiger partial charge is 0.257 e. The van der Waals surface area contributed by atoms with E-state index in [2.05, 4.69) is 48.1 Å². The third-order valence-electron chi connectivity index (χ3n) is 4.58. The molecule has 0 radical (unpaired) electrons. The lowest BCUT2D eigenvalue weighted by atomic mass is 9.78. The highest BCUT2D eigenvalue weighted by Crippen LogP contribution is 2.42. The molecule has 1 aromatic carbocycles. The van der Waals surface area contributed by atoms with Crippen molar-refractivity contribution in [3.8, 4) is 0 Å². The average molecular weight is 295 g/mol. The molecule has 0 bridgehead atoms. The van der Waals surface area contributed by atoms with Crippen LogP contribution in [0, 0.1) is 12.3 Å². The van der Waals surface area contributed by atoms with E-state index in [-0.39, 0.29) is 11.3 Å². The molecule has 4 heteroatoms. The first-order valence-electron chi connectivity index (χ1n) is 7.60. The van der Waals surface area contributed by atoms with Gasteiger partial charge in [-0.3, -0.25) is 4.79 Å². The van der Waals surface area contributed by atoms with Gasteiger partial charge in [-0.1, -0.05) is 44.2 Å². The van der Waals surface area contributed by atoms with Crippen molar-refractivity contribution in [1.29, 1.82) is 0 Å². The first kappa shape index (κ1) is 14.7. The summed E-state index contributed by atoms with van der Waals surface area (Å²) in [5.74, 6) is 0.382. The third kappa shape index (κ3) is 2.61. The first-order valence-corrected chi connectivity index (χ1v) is 7.60. The number of amides is 1. The van der Waals surface area contributed by atoms with Gasteiger partial charge < -0.3 is 4.90 Å². The first-order chi connectivity index (χ1) is 10.5. The second-order valence-corrected chi connectivity index (χ2v) is 6.66. The van der Waals surface area contributed by atoms with Crippen molar-refractivity contribution < 1.29 is 4.79 Å². The molecule has 1 fully saturated rings. The molecule has 4 nitrogen and oxygen atoms in total. The monoisotopic (exact) mass is 295 g/mol. The van der Waals surface area contributed by atoms with Crippen LogP contribution in [0.15, 0.2) is 42.9 Å². The number of hydrogen-bond donors (Lipinski definition) is 0. The van der Waals surface area contributed by atoms with Gasteiger partial charge in [0.2, 0.25) is 0 Å². The molecule has 1 aromatic heterocycles. The maximum atomic E-state index is 12.8. The minimum atomic E-state index is 0.0320. The Balaban J connectivity index is 1.86. The highest BCUT2D eigenvalue weighted by atomic mass is 16.2. The molecule has 0 N–H and O–H groups in total. The second kappa shape index (κ2) is 5.52. The van der Waals surface area contributed by atoms with Crippen molar-refractivity contribution in [2.45, 2.75) is 26.7 Å². The van der Waals surface area contributed by atoms with Crippen LogP contribution in [-0.4, -0.2) is 33.9 Å². The van der Waals surface area contributed by atoms with Gasteiger partial charge in [-0.2, -0.15) is 0 Å². The molecule has 3 rings (SSSR count). The number of rotatable bonds is 2. The lowest BCUT2D eigenvalue weighted by Crippen LogP contribution is -2.31. The standard InChI is InChI=1S/C18H21N3O/c1-13-15(9-19-12-20-13)17(22)21-10-16(18(2,3)11-21)14-7-5-4-6-8-14/h4-9,12,16H,10-11H2,1-3H3. The van der Waals surface area contributed by atoms with Crippen LogP contribution in [0.2, 0.25) is 0 Å². The van der Waals surface area contributed by atoms with Crippen molar-refractivity contribution in [2.75, 3.05) is 13.1 Å². The Labute approximate surface area is 131 Å². The van der Waals surface area contributed by atoms with Gasteiger partial charge >= 0.3 is 0 Å². The summed E-state index contributed by atoms with van der Waals surface area (Å²) in [7, 11) is 0. The lowest BCUT2D eigenvalue weighted by molar-refractivity contribution is 0.0776. The topological polar surface area (TPSA) is 46.1 Å². The minimum Gasteiger partial charge on any atom is -0.337 e. The van der Waals surface area contributed by atoms with Gasteiger partial charge in [0.05, 0.1) is 11.3 Å². The van der Waals surface area contributed by atoms with E-state index in [4.69, 9.17) is 0 Å². The van der Waals surface area contributed by atoms with E-state index in [0.29, 0.717) is 11.5 Å². The number of aryl methyl sites for hydroxylation is 1. The second-order valence-electron chi connectivity index (χ2n) is 6.66. The van der Waals surface area contributed by atoms with E-state index in [0.717, 1.165) is 18.8 Å². The van der Waals surface area contributed by atoms with Gasteiger partial charge in [-0.05, 0) is 17.9 Å². The summed E-state index contributed by atoms with van der Waals surface area (Å²) in [4.78, 5) is 22.8. The van der Waals surface area contributed by atoms with E-state index >= 15 is 0 Å². The van der Waals surface area contributed by atoms with Crippen LogP contribution in [0.1, 0.15) is 41.4 Å². The van der Waals surface area contributed by atoms with Crippen LogP contribution in [0.5, 0.6) is 0 Å². The Morgan fingerprint density at radius 2 is 2.00 bits per heavy atom. The summed E-state index contributed by atoms with van der Waals surface area (Å²) in [6, 6.07) is 10.4. The molecule has 114 valence electrons. The van der Waals surface area contributed by atoms with Crippen molar-refractivity contribution in [3.05, 3.63) is 59.7 Å². The van der Waals surface area contributed by atoms with Gasteiger partial charge in [0.1, 0.15) is 6.33 Å². The molecule has 1 aliphatic heterocycles. The average Bonchev–Trinajstić information content (AvgIpc) is 2.83. The summed E-state index contributed by atoms with van der Waals surface area (Å²) in [5, 5.41) is 0. The van der Waals surface area contributed by atoms with Gasteiger partial charge in [0, 0.05) is 25.2 Å². The van der Waals surface area contributed by atoms with Crippen molar-refractivity contribution in [3.63, 3.8) is 0 Å². The molecular weight excluding hydrogens is 274 g/mol. The number of likely N-dealkylation sites (tertiary alicyclic amines) is 1. The summed E-state index contributed by atoms with van der Waals surface area (Å²) in [6.07, 6.45) is 3.10. The zero-order valence-electron chi connectivity index (χ0n) is 13.3. The fourth-order valence-electron chi connectivity index (χ4n) is 3.30. The Morgan fingerprint density at radius 3 is 2.68 bits per heavy atom. The summed E-state index contributed by atoms with van der Waals surface area (Å²) < 4.78 is 0. The van der Waals surface area contributed by atoms with Crippen LogP contribution in [-0.2, 0) is 0 Å². The van der Waals surface area contributed by atoms with Gasteiger partial charge in [0.25, 0.3) is 5.91 Å². The molecule has 0 saturated carbocycles. The van der Waals surface area contributed by atoms with Gasteiger partial charge in [-0.25, -0.2) is 9.97 Å². The molecule has 1 aliphatic rings. The van der Waals surface area contributed by atoms with E-state index in [1.807, 2.05) is 17.9 Å². The quantitative estimate of drug-likeness (QED) is 0.855. The Morgan fingerprint density at radius 1 is 1.27 bits per heavy atom. The van der Waals surface area contributed by atoms with Crippen LogP contribution in [0.25, 0.3) is 0 Å². The molecule has 0 aliphatic carbocycles. The van der Waals surface area contributed by atoms with Crippen LogP contribution >= 0.6 is 0 Å². The van der Waals surface area contributed by atoms with Gasteiger partial charge in [0.15, 0.2) is 0 Å². The highest BCUT2D eigenvalue weighted by Gasteiger charge is 2.42. The molecule has 0 spiro atoms. The van der Waals surface area contributed by atoms with E-state index < -0.39 is 0 Å². The van der Waals surface area contributed by atoms with Crippen molar-refractivity contribution in [1.82, 2.24) is 14.9 Å². The number of nitrogens with zero attached hydrogens (tertiary/aromatic N) is 3. The van der Waals surface area contributed by atoms with Crippen molar-refractivity contribution >= 4 is 5.91 Å². The minimum absolute atomic E-state index is 0.0320. The summed E-state index contributed by atoms with van der Waals surface area (Å²) >= 11 is 0. The largest absolute Gasteiger partial charge is 0.337 e. The zero-order valence-corrected chi connectivity index (χ0v) is 13.3.